The molecule has 19 heavy (non-hydrogen) atoms. The minimum absolute atomic E-state index is 0.437. The quantitative estimate of drug-likeness (QED) is 0.896. The van der Waals surface area contributed by atoms with Gasteiger partial charge in [0, 0.05) is 12.7 Å². The first-order valence-corrected chi connectivity index (χ1v) is 7.40. The molecule has 1 aromatic rings. The Balaban J connectivity index is 1.88. The van der Waals surface area contributed by atoms with Crippen molar-refractivity contribution in [1.29, 1.82) is 5.26 Å². The Bertz CT molecular complexity index is 459. The van der Waals surface area contributed by atoms with Crippen molar-refractivity contribution in [3.8, 4) is 6.07 Å². The molecule has 0 radical (unpaired) electrons. The number of nitrogens with one attached hydrogen (secondary N) is 1. The van der Waals surface area contributed by atoms with Crippen LogP contribution in [0.3, 0.4) is 0 Å². The van der Waals surface area contributed by atoms with Gasteiger partial charge in [0.15, 0.2) is 0 Å². The third kappa shape index (κ3) is 3.61. The summed E-state index contributed by atoms with van der Waals surface area (Å²) in [6, 6.07) is 3.71. The number of aromatic nitrogens is 1. The Hall–Kier alpha value is -1.27. The highest BCUT2D eigenvalue weighted by Gasteiger charge is 2.20. The van der Waals surface area contributed by atoms with Crippen molar-refractivity contribution >= 4 is 17.4 Å². The lowest BCUT2D eigenvalue weighted by molar-refractivity contribution is 0.278. The lowest BCUT2D eigenvalue weighted by Crippen LogP contribution is -2.21. The number of hydrogen-bond acceptors (Lipinski definition) is 3. The second kappa shape index (κ2) is 6.77. The van der Waals surface area contributed by atoms with Crippen molar-refractivity contribution in [1.82, 2.24) is 4.98 Å². The summed E-state index contributed by atoms with van der Waals surface area (Å²) >= 11 is 6.12. The van der Waals surface area contributed by atoms with Gasteiger partial charge in [-0.25, -0.2) is 4.98 Å². The predicted octanol–water partition coefficient (Wildman–Crippen LogP) is 4.23. The molecule has 1 fully saturated rings. The lowest BCUT2D eigenvalue weighted by atomic mass is 9.81. The minimum Gasteiger partial charge on any atom is -0.369 e. The first-order valence-electron chi connectivity index (χ1n) is 7.03. The van der Waals surface area contributed by atoms with Gasteiger partial charge in [0.1, 0.15) is 16.9 Å². The van der Waals surface area contributed by atoms with Crippen molar-refractivity contribution in [2.45, 2.75) is 39.0 Å². The third-order valence-corrected chi connectivity index (χ3v) is 4.49. The summed E-state index contributed by atoms with van der Waals surface area (Å²) in [5.41, 5.74) is 0.480. The molecule has 0 bridgehead atoms. The highest BCUT2D eigenvalue weighted by atomic mass is 35.5. The van der Waals surface area contributed by atoms with E-state index in [-0.39, 0.29) is 0 Å². The molecular formula is C15H20ClN3. The molecule has 3 nitrogen and oxygen atoms in total. The van der Waals surface area contributed by atoms with E-state index in [4.69, 9.17) is 16.9 Å². The first-order chi connectivity index (χ1) is 9.24. The molecule has 0 saturated heterocycles. The molecule has 4 heteroatoms. The van der Waals surface area contributed by atoms with Crippen LogP contribution in [0.4, 0.5) is 5.82 Å². The molecule has 1 N–H and O–H groups in total. The molecule has 0 spiro atoms. The van der Waals surface area contributed by atoms with E-state index in [0.717, 1.165) is 12.5 Å². The van der Waals surface area contributed by atoms with Crippen LogP contribution in [0.15, 0.2) is 12.3 Å². The SMILES string of the molecule is CCC1CCC(CNc2nccc(C#N)c2Cl)CC1. The molecular weight excluding hydrogens is 258 g/mol. The summed E-state index contributed by atoms with van der Waals surface area (Å²) in [4.78, 5) is 4.21. The Labute approximate surface area is 120 Å². The van der Waals surface area contributed by atoms with E-state index in [1.54, 1.807) is 12.3 Å². The summed E-state index contributed by atoms with van der Waals surface area (Å²) in [6.07, 6.45) is 8.16. The van der Waals surface area contributed by atoms with Crippen LogP contribution in [-0.2, 0) is 0 Å². The van der Waals surface area contributed by atoms with Crippen LogP contribution in [-0.4, -0.2) is 11.5 Å². The number of pyridine rings is 1. The first kappa shape index (κ1) is 14.1. The van der Waals surface area contributed by atoms with Gasteiger partial charge in [0.25, 0.3) is 0 Å². The summed E-state index contributed by atoms with van der Waals surface area (Å²) < 4.78 is 0. The number of rotatable bonds is 4. The van der Waals surface area contributed by atoms with Crippen LogP contribution in [0, 0.1) is 23.2 Å². The topological polar surface area (TPSA) is 48.7 Å². The van der Waals surface area contributed by atoms with Crippen LogP contribution in [0.1, 0.15) is 44.6 Å². The van der Waals surface area contributed by atoms with Crippen LogP contribution in [0.2, 0.25) is 5.02 Å². The van der Waals surface area contributed by atoms with E-state index in [0.29, 0.717) is 22.3 Å². The van der Waals surface area contributed by atoms with Gasteiger partial charge in [-0.15, -0.1) is 0 Å². The van der Waals surface area contributed by atoms with Crippen molar-refractivity contribution in [3.05, 3.63) is 22.8 Å². The fraction of sp³-hybridized carbons (Fsp3) is 0.600. The maximum atomic E-state index is 8.93. The van der Waals surface area contributed by atoms with E-state index in [9.17, 15) is 0 Å². The van der Waals surface area contributed by atoms with Gasteiger partial charge < -0.3 is 5.32 Å². The molecule has 2 rings (SSSR count). The fourth-order valence-electron chi connectivity index (χ4n) is 2.74. The zero-order valence-corrected chi connectivity index (χ0v) is 12.1. The Morgan fingerprint density at radius 3 is 2.68 bits per heavy atom. The van der Waals surface area contributed by atoms with Gasteiger partial charge in [-0.2, -0.15) is 5.26 Å². The predicted molar refractivity (Wildman–Crippen MR) is 78.2 cm³/mol. The molecule has 1 saturated carbocycles. The number of anilines is 1. The molecule has 1 aliphatic carbocycles. The minimum atomic E-state index is 0.437. The average molecular weight is 278 g/mol. The zero-order valence-electron chi connectivity index (χ0n) is 11.3. The van der Waals surface area contributed by atoms with Crippen molar-refractivity contribution < 1.29 is 0 Å². The van der Waals surface area contributed by atoms with Crippen molar-refractivity contribution in [2.75, 3.05) is 11.9 Å². The number of halogens is 1. The van der Waals surface area contributed by atoms with Crippen molar-refractivity contribution in [2.24, 2.45) is 11.8 Å². The maximum Gasteiger partial charge on any atom is 0.146 e. The van der Waals surface area contributed by atoms with Gasteiger partial charge in [-0.1, -0.05) is 37.8 Å². The molecule has 0 unspecified atom stereocenters. The molecule has 1 aromatic heterocycles. The van der Waals surface area contributed by atoms with Crippen LogP contribution < -0.4 is 5.32 Å². The van der Waals surface area contributed by atoms with Gasteiger partial charge in [0.05, 0.1) is 5.56 Å². The molecule has 0 aromatic carbocycles. The Morgan fingerprint density at radius 1 is 1.37 bits per heavy atom. The van der Waals surface area contributed by atoms with Crippen LogP contribution in [0.5, 0.6) is 0 Å². The van der Waals surface area contributed by atoms with Crippen molar-refractivity contribution in [3.63, 3.8) is 0 Å². The molecule has 1 aliphatic rings. The van der Waals surface area contributed by atoms with Gasteiger partial charge >= 0.3 is 0 Å². The summed E-state index contributed by atoms with van der Waals surface area (Å²) in [7, 11) is 0. The standard InChI is InChI=1S/C15H20ClN3/c1-2-11-3-5-12(6-4-11)10-19-15-14(16)13(9-17)7-8-18-15/h7-8,11-12H,2-6,10H2,1H3,(H,18,19). The molecule has 0 atom stereocenters. The molecule has 0 aliphatic heterocycles. The van der Waals surface area contributed by atoms with Crippen LogP contribution >= 0.6 is 11.6 Å². The Morgan fingerprint density at radius 2 is 2.05 bits per heavy atom. The van der Waals surface area contributed by atoms with E-state index in [1.807, 2.05) is 0 Å². The molecule has 1 heterocycles. The summed E-state index contributed by atoms with van der Waals surface area (Å²) in [5, 5.41) is 12.7. The lowest BCUT2D eigenvalue weighted by Gasteiger charge is -2.28. The second-order valence-corrected chi connectivity index (χ2v) is 5.69. The second-order valence-electron chi connectivity index (χ2n) is 5.31. The summed E-state index contributed by atoms with van der Waals surface area (Å²) in [5.74, 6) is 2.25. The highest BCUT2D eigenvalue weighted by molar-refractivity contribution is 6.34. The largest absolute Gasteiger partial charge is 0.369 e. The van der Waals surface area contributed by atoms with E-state index < -0.39 is 0 Å². The highest BCUT2D eigenvalue weighted by Crippen LogP contribution is 2.31. The van der Waals surface area contributed by atoms with Gasteiger partial charge in [-0.05, 0) is 30.7 Å². The zero-order chi connectivity index (χ0) is 13.7. The van der Waals surface area contributed by atoms with Crippen LogP contribution in [0.25, 0.3) is 0 Å². The van der Waals surface area contributed by atoms with E-state index in [2.05, 4.69) is 23.3 Å². The molecule has 102 valence electrons. The third-order valence-electron chi connectivity index (χ3n) is 4.11. The normalized spacial score (nSPS) is 22.8. The smallest absolute Gasteiger partial charge is 0.146 e. The molecule has 0 amide bonds. The number of nitriles is 1. The van der Waals surface area contributed by atoms with E-state index >= 15 is 0 Å². The average Bonchev–Trinajstić information content (AvgIpc) is 2.47. The number of hydrogen-bond donors (Lipinski definition) is 1. The summed E-state index contributed by atoms with van der Waals surface area (Å²) in [6.45, 7) is 3.18. The Kier molecular flexibility index (Phi) is 5.04. The number of nitrogens with zero attached hydrogens (tertiary/aromatic N) is 2. The van der Waals surface area contributed by atoms with Gasteiger partial charge in [-0.3, -0.25) is 0 Å². The van der Waals surface area contributed by atoms with E-state index in [1.165, 1.54) is 32.1 Å². The van der Waals surface area contributed by atoms with Gasteiger partial charge in [0.2, 0.25) is 0 Å². The fourth-order valence-corrected chi connectivity index (χ4v) is 2.96. The maximum absolute atomic E-state index is 8.93. The monoisotopic (exact) mass is 277 g/mol.